The van der Waals surface area contributed by atoms with Crippen molar-refractivity contribution >= 4 is 21.6 Å². The fraction of sp³-hybridized carbons (Fsp3) is 0.278. The zero-order chi connectivity index (χ0) is 15.1. The van der Waals surface area contributed by atoms with Crippen molar-refractivity contribution in [3.05, 3.63) is 64.1 Å². The summed E-state index contributed by atoms with van der Waals surface area (Å²) in [6, 6.07) is 18.6. The molecular formula is C18H19BrN2. The molecule has 1 N–H and O–H groups in total. The summed E-state index contributed by atoms with van der Waals surface area (Å²) >= 11 is 3.54. The average molecular weight is 343 g/mol. The Morgan fingerprint density at radius 1 is 1.19 bits per heavy atom. The van der Waals surface area contributed by atoms with Gasteiger partial charge < -0.3 is 5.32 Å². The highest BCUT2D eigenvalue weighted by Crippen LogP contribution is 2.30. The summed E-state index contributed by atoms with van der Waals surface area (Å²) < 4.78 is 0.930. The molecule has 0 aliphatic carbocycles. The number of halogens is 1. The summed E-state index contributed by atoms with van der Waals surface area (Å²) in [6.45, 7) is 2.21. The van der Waals surface area contributed by atoms with Gasteiger partial charge in [0.25, 0.3) is 0 Å². The van der Waals surface area contributed by atoms with Gasteiger partial charge in [-0.05, 0) is 46.1 Å². The SMILES string of the molecule is CCCCC(Nc1ccc(C#N)cc1Br)c1ccccc1. The first-order valence-corrected chi connectivity index (χ1v) is 8.05. The maximum Gasteiger partial charge on any atom is 0.0992 e. The van der Waals surface area contributed by atoms with Gasteiger partial charge in [0.2, 0.25) is 0 Å². The van der Waals surface area contributed by atoms with E-state index < -0.39 is 0 Å². The topological polar surface area (TPSA) is 35.8 Å². The molecule has 0 radical (unpaired) electrons. The fourth-order valence-corrected chi connectivity index (χ4v) is 2.80. The molecule has 108 valence electrons. The van der Waals surface area contributed by atoms with Crippen LogP contribution in [0.5, 0.6) is 0 Å². The maximum atomic E-state index is 8.94. The van der Waals surface area contributed by atoms with Crippen molar-refractivity contribution < 1.29 is 0 Å². The number of hydrogen-bond acceptors (Lipinski definition) is 2. The van der Waals surface area contributed by atoms with Gasteiger partial charge in [0.1, 0.15) is 0 Å². The Kier molecular flexibility index (Phi) is 5.83. The van der Waals surface area contributed by atoms with Gasteiger partial charge in [0.05, 0.1) is 17.7 Å². The summed E-state index contributed by atoms with van der Waals surface area (Å²) in [5, 5.41) is 12.5. The highest BCUT2D eigenvalue weighted by Gasteiger charge is 2.12. The van der Waals surface area contributed by atoms with Crippen molar-refractivity contribution in [2.24, 2.45) is 0 Å². The van der Waals surface area contributed by atoms with Gasteiger partial charge in [-0.3, -0.25) is 0 Å². The second kappa shape index (κ2) is 7.85. The first kappa shape index (κ1) is 15.6. The van der Waals surface area contributed by atoms with Crippen LogP contribution in [0, 0.1) is 11.3 Å². The van der Waals surface area contributed by atoms with Crippen molar-refractivity contribution in [3.63, 3.8) is 0 Å². The lowest BCUT2D eigenvalue weighted by molar-refractivity contribution is 0.634. The average Bonchev–Trinajstić information content (AvgIpc) is 2.53. The fourth-order valence-electron chi connectivity index (χ4n) is 2.31. The van der Waals surface area contributed by atoms with E-state index in [0.717, 1.165) is 16.6 Å². The van der Waals surface area contributed by atoms with Crippen molar-refractivity contribution in [3.8, 4) is 6.07 Å². The van der Waals surface area contributed by atoms with Crippen molar-refractivity contribution in [2.45, 2.75) is 32.2 Å². The van der Waals surface area contributed by atoms with E-state index in [0.29, 0.717) is 5.56 Å². The first-order valence-electron chi connectivity index (χ1n) is 7.25. The minimum atomic E-state index is 0.287. The Bertz CT molecular complexity index is 617. The zero-order valence-corrected chi connectivity index (χ0v) is 13.7. The molecule has 0 saturated heterocycles. The highest BCUT2D eigenvalue weighted by molar-refractivity contribution is 9.10. The van der Waals surface area contributed by atoms with Gasteiger partial charge in [-0.15, -0.1) is 0 Å². The molecule has 2 nitrogen and oxygen atoms in total. The molecule has 1 unspecified atom stereocenters. The number of nitrogens with one attached hydrogen (secondary N) is 1. The minimum absolute atomic E-state index is 0.287. The molecule has 0 aromatic heterocycles. The van der Waals surface area contributed by atoms with E-state index in [1.54, 1.807) is 0 Å². The third kappa shape index (κ3) is 4.34. The number of rotatable bonds is 6. The number of anilines is 1. The summed E-state index contributed by atoms with van der Waals surface area (Å²) in [5.74, 6) is 0. The largest absolute Gasteiger partial charge is 0.377 e. The quantitative estimate of drug-likeness (QED) is 0.734. The number of nitriles is 1. The number of hydrogen-bond donors (Lipinski definition) is 1. The zero-order valence-electron chi connectivity index (χ0n) is 12.1. The summed E-state index contributed by atoms with van der Waals surface area (Å²) in [5.41, 5.74) is 2.98. The molecule has 21 heavy (non-hydrogen) atoms. The lowest BCUT2D eigenvalue weighted by atomic mass is 10.0. The van der Waals surface area contributed by atoms with Crippen LogP contribution in [0.3, 0.4) is 0 Å². The molecule has 2 rings (SSSR count). The maximum absolute atomic E-state index is 8.94. The molecular weight excluding hydrogens is 324 g/mol. The predicted molar refractivity (Wildman–Crippen MR) is 91.2 cm³/mol. The second-order valence-electron chi connectivity index (χ2n) is 5.06. The predicted octanol–water partition coefficient (Wildman–Crippen LogP) is 5.66. The van der Waals surface area contributed by atoms with Gasteiger partial charge in [0.15, 0.2) is 0 Å². The van der Waals surface area contributed by atoms with Crippen LogP contribution in [0.25, 0.3) is 0 Å². The van der Waals surface area contributed by atoms with E-state index in [4.69, 9.17) is 5.26 Å². The smallest absolute Gasteiger partial charge is 0.0992 e. The molecule has 0 aliphatic rings. The van der Waals surface area contributed by atoms with Gasteiger partial charge >= 0.3 is 0 Å². The summed E-state index contributed by atoms with van der Waals surface area (Å²) in [4.78, 5) is 0. The van der Waals surface area contributed by atoms with E-state index in [1.165, 1.54) is 18.4 Å². The van der Waals surface area contributed by atoms with Crippen LogP contribution < -0.4 is 5.32 Å². The van der Waals surface area contributed by atoms with Crippen LogP contribution in [-0.4, -0.2) is 0 Å². The Morgan fingerprint density at radius 3 is 2.57 bits per heavy atom. The molecule has 0 bridgehead atoms. The van der Waals surface area contributed by atoms with E-state index >= 15 is 0 Å². The standard InChI is InChI=1S/C18H19BrN2/c1-2-3-9-17(15-7-5-4-6-8-15)21-18-11-10-14(13-20)12-16(18)19/h4-8,10-12,17,21H,2-3,9H2,1H3. The molecule has 2 aromatic carbocycles. The molecule has 3 heteroatoms. The first-order chi connectivity index (χ1) is 10.2. The van der Waals surface area contributed by atoms with Gasteiger partial charge in [0, 0.05) is 10.2 Å². The Balaban J connectivity index is 2.21. The van der Waals surface area contributed by atoms with Crippen LogP contribution in [0.15, 0.2) is 53.0 Å². The Labute approximate surface area is 134 Å². The van der Waals surface area contributed by atoms with Gasteiger partial charge in [-0.2, -0.15) is 5.26 Å². The number of nitrogens with zero attached hydrogens (tertiary/aromatic N) is 1. The Morgan fingerprint density at radius 2 is 1.95 bits per heavy atom. The molecule has 0 saturated carbocycles. The van der Waals surface area contributed by atoms with Gasteiger partial charge in [-0.1, -0.05) is 50.1 Å². The summed E-state index contributed by atoms with van der Waals surface area (Å²) in [6.07, 6.45) is 3.45. The van der Waals surface area contributed by atoms with Crippen LogP contribution in [0.1, 0.15) is 43.4 Å². The molecule has 1 atom stereocenters. The van der Waals surface area contributed by atoms with Crippen LogP contribution in [-0.2, 0) is 0 Å². The lowest BCUT2D eigenvalue weighted by Gasteiger charge is -2.21. The van der Waals surface area contributed by atoms with Crippen molar-refractivity contribution in [2.75, 3.05) is 5.32 Å². The Hall–Kier alpha value is -1.79. The monoisotopic (exact) mass is 342 g/mol. The molecule has 0 heterocycles. The molecule has 0 fully saturated rings. The van der Waals surface area contributed by atoms with Crippen molar-refractivity contribution in [1.82, 2.24) is 0 Å². The van der Waals surface area contributed by atoms with Crippen LogP contribution >= 0.6 is 15.9 Å². The van der Waals surface area contributed by atoms with Gasteiger partial charge in [-0.25, -0.2) is 0 Å². The lowest BCUT2D eigenvalue weighted by Crippen LogP contribution is -2.11. The number of benzene rings is 2. The van der Waals surface area contributed by atoms with E-state index in [-0.39, 0.29) is 6.04 Å². The third-order valence-electron chi connectivity index (χ3n) is 3.48. The summed E-state index contributed by atoms with van der Waals surface area (Å²) in [7, 11) is 0. The van der Waals surface area contributed by atoms with E-state index in [9.17, 15) is 0 Å². The highest BCUT2D eigenvalue weighted by atomic mass is 79.9. The minimum Gasteiger partial charge on any atom is -0.377 e. The normalized spacial score (nSPS) is 11.7. The molecule has 2 aromatic rings. The molecule has 0 amide bonds. The van der Waals surface area contributed by atoms with Crippen LogP contribution in [0.2, 0.25) is 0 Å². The molecule has 0 aliphatic heterocycles. The molecule has 0 spiro atoms. The van der Waals surface area contributed by atoms with E-state index in [1.807, 2.05) is 24.3 Å². The number of unbranched alkanes of at least 4 members (excludes halogenated alkanes) is 1. The third-order valence-corrected chi connectivity index (χ3v) is 4.13. The van der Waals surface area contributed by atoms with E-state index in [2.05, 4.69) is 58.5 Å². The van der Waals surface area contributed by atoms with Crippen molar-refractivity contribution in [1.29, 1.82) is 5.26 Å². The second-order valence-corrected chi connectivity index (χ2v) is 5.91. The van der Waals surface area contributed by atoms with Crippen LogP contribution in [0.4, 0.5) is 5.69 Å².